The van der Waals surface area contributed by atoms with E-state index in [1.165, 1.54) is 0 Å². The highest BCUT2D eigenvalue weighted by Crippen LogP contribution is 2.29. The maximum Gasteiger partial charge on any atom is 0.471 e. The number of nitrogens with two attached hydrogens (primary N) is 1. The van der Waals surface area contributed by atoms with Crippen LogP contribution in [-0.4, -0.2) is 10.1 Å². The van der Waals surface area contributed by atoms with Crippen molar-refractivity contribution >= 4 is 0 Å². The van der Waals surface area contributed by atoms with Crippen LogP contribution in [0.25, 0.3) is 0 Å². The molecule has 0 bridgehead atoms. The van der Waals surface area contributed by atoms with Crippen LogP contribution in [0, 0.1) is 5.92 Å². The van der Waals surface area contributed by atoms with Gasteiger partial charge in [-0.05, 0) is 5.92 Å². The van der Waals surface area contributed by atoms with Crippen molar-refractivity contribution in [2.75, 3.05) is 0 Å². The molecule has 0 radical (unpaired) electrons. The van der Waals surface area contributed by atoms with E-state index in [2.05, 4.69) is 14.7 Å². The van der Waals surface area contributed by atoms with Crippen LogP contribution in [0.5, 0.6) is 0 Å². The van der Waals surface area contributed by atoms with Crippen molar-refractivity contribution in [2.24, 2.45) is 11.7 Å². The molecule has 1 rings (SSSR count). The van der Waals surface area contributed by atoms with Gasteiger partial charge >= 0.3 is 12.1 Å². The molecule has 0 aliphatic heterocycles. The van der Waals surface area contributed by atoms with Gasteiger partial charge in [-0.3, -0.25) is 0 Å². The summed E-state index contributed by atoms with van der Waals surface area (Å²) in [5.41, 5.74) is 5.65. The van der Waals surface area contributed by atoms with Crippen molar-refractivity contribution in [3.8, 4) is 0 Å². The van der Waals surface area contributed by atoms with E-state index < -0.39 is 18.1 Å². The number of hydrogen-bond donors (Lipinski definition) is 1. The van der Waals surface area contributed by atoms with Gasteiger partial charge in [0.25, 0.3) is 0 Å². The molecule has 1 aromatic heterocycles. The highest BCUT2D eigenvalue weighted by Gasteiger charge is 2.39. The predicted molar refractivity (Wildman–Crippen MR) is 45.7 cm³/mol. The molecule has 7 heteroatoms. The minimum atomic E-state index is -4.61. The summed E-state index contributed by atoms with van der Waals surface area (Å²) in [5, 5.41) is 3.22. The molecule has 0 aromatic carbocycles. The number of hydrogen-bond acceptors (Lipinski definition) is 4. The van der Waals surface area contributed by atoms with Gasteiger partial charge in [0.15, 0.2) is 5.82 Å². The van der Waals surface area contributed by atoms with Gasteiger partial charge in [0.1, 0.15) is 0 Å². The molecule has 1 heterocycles. The Morgan fingerprint density at radius 3 is 2.47 bits per heavy atom. The zero-order valence-electron chi connectivity index (χ0n) is 8.38. The minimum absolute atomic E-state index is 0.00341. The van der Waals surface area contributed by atoms with E-state index in [0.29, 0.717) is 0 Å². The van der Waals surface area contributed by atoms with Crippen molar-refractivity contribution in [3.63, 3.8) is 0 Å². The van der Waals surface area contributed by atoms with Crippen LogP contribution in [-0.2, 0) is 6.18 Å². The van der Waals surface area contributed by atoms with Crippen LogP contribution in [0.4, 0.5) is 13.2 Å². The number of alkyl halides is 3. The molecule has 4 nitrogen and oxygen atoms in total. The Morgan fingerprint density at radius 2 is 2.07 bits per heavy atom. The van der Waals surface area contributed by atoms with Crippen LogP contribution < -0.4 is 5.73 Å². The van der Waals surface area contributed by atoms with Crippen molar-refractivity contribution in [1.82, 2.24) is 10.1 Å². The Labute approximate surface area is 84.6 Å². The van der Waals surface area contributed by atoms with Crippen molar-refractivity contribution in [1.29, 1.82) is 0 Å². The highest BCUT2D eigenvalue weighted by molar-refractivity contribution is 4.96. The molecule has 86 valence electrons. The smallest absolute Gasteiger partial charge is 0.329 e. The summed E-state index contributed by atoms with van der Waals surface area (Å²) < 4.78 is 40.4. The summed E-state index contributed by atoms with van der Waals surface area (Å²) >= 11 is 0. The van der Waals surface area contributed by atoms with E-state index >= 15 is 0 Å². The van der Waals surface area contributed by atoms with Gasteiger partial charge in [-0.25, -0.2) is 0 Å². The van der Waals surface area contributed by atoms with Gasteiger partial charge in [-0.2, -0.15) is 18.2 Å². The second-order valence-electron chi connectivity index (χ2n) is 3.37. The van der Waals surface area contributed by atoms with Gasteiger partial charge in [0.05, 0.1) is 6.04 Å². The average Bonchev–Trinajstić information content (AvgIpc) is 2.63. The number of nitrogens with zero attached hydrogens (tertiary/aromatic N) is 2. The molecular formula is C8H12F3N3O. The third kappa shape index (κ3) is 2.68. The van der Waals surface area contributed by atoms with E-state index in [0.717, 1.165) is 6.42 Å². The van der Waals surface area contributed by atoms with E-state index in [-0.39, 0.29) is 11.7 Å². The van der Waals surface area contributed by atoms with Gasteiger partial charge < -0.3 is 10.3 Å². The summed E-state index contributed by atoms with van der Waals surface area (Å²) in [6.07, 6.45) is -3.88. The van der Waals surface area contributed by atoms with Crippen LogP contribution in [0.1, 0.15) is 38.0 Å². The van der Waals surface area contributed by atoms with Crippen LogP contribution >= 0.6 is 0 Å². The number of halogens is 3. The molecule has 0 aliphatic carbocycles. The molecule has 0 spiro atoms. The third-order valence-electron chi connectivity index (χ3n) is 2.24. The van der Waals surface area contributed by atoms with Crippen LogP contribution in [0.15, 0.2) is 4.52 Å². The highest BCUT2D eigenvalue weighted by atomic mass is 19.4. The standard InChI is InChI=1S/C8H12F3N3O/c1-3-4(2)5(12)6-13-7(15-14-6)8(9,10)11/h4-5H,3,12H2,1-2H3. The van der Waals surface area contributed by atoms with Crippen molar-refractivity contribution in [3.05, 3.63) is 11.7 Å². The van der Waals surface area contributed by atoms with Gasteiger partial charge in [-0.1, -0.05) is 25.4 Å². The SMILES string of the molecule is CCC(C)C(N)c1noc(C(F)(F)F)n1. The molecule has 0 aliphatic rings. The summed E-state index contributed by atoms with van der Waals surface area (Å²) in [6.45, 7) is 3.70. The number of rotatable bonds is 3. The predicted octanol–water partition coefficient (Wildman–Crippen LogP) is 2.13. The first-order valence-electron chi connectivity index (χ1n) is 4.52. The summed E-state index contributed by atoms with van der Waals surface area (Å²) in [4.78, 5) is 3.22. The summed E-state index contributed by atoms with van der Waals surface area (Å²) in [5.74, 6) is -1.45. The monoisotopic (exact) mass is 223 g/mol. The van der Waals surface area contributed by atoms with Crippen LogP contribution in [0.3, 0.4) is 0 Å². The minimum Gasteiger partial charge on any atom is -0.329 e. The fraction of sp³-hybridized carbons (Fsp3) is 0.750. The topological polar surface area (TPSA) is 64.9 Å². The Morgan fingerprint density at radius 1 is 1.47 bits per heavy atom. The normalized spacial score (nSPS) is 16.4. The lowest BCUT2D eigenvalue weighted by molar-refractivity contribution is -0.159. The Hall–Kier alpha value is -1.11. The first kappa shape index (κ1) is 12.0. The lowest BCUT2D eigenvalue weighted by Gasteiger charge is -2.13. The van der Waals surface area contributed by atoms with Crippen molar-refractivity contribution < 1.29 is 17.7 Å². The lowest BCUT2D eigenvalue weighted by atomic mass is 10.00. The Balaban J connectivity index is 2.85. The first-order chi connectivity index (χ1) is 6.86. The van der Waals surface area contributed by atoms with E-state index in [4.69, 9.17) is 5.73 Å². The van der Waals surface area contributed by atoms with E-state index in [1.54, 1.807) is 0 Å². The molecule has 0 saturated heterocycles. The van der Waals surface area contributed by atoms with Gasteiger partial charge in [-0.15, -0.1) is 0 Å². The molecule has 2 unspecified atom stereocenters. The zero-order chi connectivity index (χ0) is 11.6. The van der Waals surface area contributed by atoms with Crippen molar-refractivity contribution in [2.45, 2.75) is 32.5 Å². The molecule has 1 aromatic rings. The molecule has 0 saturated carbocycles. The Bertz CT molecular complexity index is 323. The Kier molecular flexibility index (Phi) is 3.33. The quantitative estimate of drug-likeness (QED) is 0.852. The summed E-state index contributed by atoms with van der Waals surface area (Å²) in [6, 6.07) is -0.630. The molecular weight excluding hydrogens is 211 g/mol. The average molecular weight is 223 g/mol. The number of aromatic nitrogens is 2. The first-order valence-corrected chi connectivity index (χ1v) is 4.52. The van der Waals surface area contributed by atoms with E-state index in [9.17, 15) is 13.2 Å². The molecule has 2 N–H and O–H groups in total. The lowest BCUT2D eigenvalue weighted by Crippen LogP contribution is -2.20. The molecule has 2 atom stereocenters. The second kappa shape index (κ2) is 4.18. The molecule has 0 fully saturated rings. The largest absolute Gasteiger partial charge is 0.471 e. The van der Waals surface area contributed by atoms with E-state index in [1.807, 2.05) is 13.8 Å². The second-order valence-corrected chi connectivity index (χ2v) is 3.37. The fourth-order valence-electron chi connectivity index (χ4n) is 0.994. The maximum absolute atomic E-state index is 12.1. The third-order valence-corrected chi connectivity index (χ3v) is 2.24. The maximum atomic E-state index is 12.1. The summed E-state index contributed by atoms with van der Waals surface area (Å²) in [7, 11) is 0. The fourth-order valence-corrected chi connectivity index (χ4v) is 0.994. The van der Waals surface area contributed by atoms with Crippen LogP contribution in [0.2, 0.25) is 0 Å². The van der Waals surface area contributed by atoms with Gasteiger partial charge in [0, 0.05) is 0 Å². The molecule has 15 heavy (non-hydrogen) atoms. The van der Waals surface area contributed by atoms with Gasteiger partial charge in [0.2, 0.25) is 0 Å². The molecule has 0 amide bonds. The zero-order valence-corrected chi connectivity index (χ0v) is 8.38.